The van der Waals surface area contributed by atoms with E-state index in [0.717, 1.165) is 12.8 Å². The van der Waals surface area contributed by atoms with Crippen molar-refractivity contribution in [2.45, 2.75) is 72.0 Å². The van der Waals surface area contributed by atoms with Gasteiger partial charge < -0.3 is 4.74 Å². The standard InChI is InChI=1S/C19H28N2O4.ClH/c1-6-19(11-10-17(19)20(13(2)3)14(4)5)18(22)25-16-9-7-8-15(12-16)21(23)24;/h7-9,12-14,17H,6,10-11H2,1-5H3;1H. The van der Waals surface area contributed by atoms with Crippen molar-refractivity contribution in [1.82, 2.24) is 4.90 Å². The van der Waals surface area contributed by atoms with Gasteiger partial charge in [0.05, 0.1) is 16.4 Å². The molecule has 0 saturated heterocycles. The number of carbonyl (C=O) groups is 1. The molecule has 2 rings (SSSR count). The summed E-state index contributed by atoms with van der Waals surface area (Å²) in [6.45, 7) is 10.6. The van der Waals surface area contributed by atoms with Crippen LogP contribution in [0.15, 0.2) is 24.3 Å². The average molecular weight is 385 g/mol. The highest BCUT2D eigenvalue weighted by Crippen LogP contribution is 2.49. The maximum Gasteiger partial charge on any atom is 0.319 e. The predicted octanol–water partition coefficient (Wildman–Crippen LogP) is 4.60. The smallest absolute Gasteiger partial charge is 0.319 e. The zero-order valence-corrected chi connectivity index (χ0v) is 16.9. The number of esters is 1. The zero-order chi connectivity index (χ0) is 18.8. The second-order valence-electron chi connectivity index (χ2n) is 7.34. The fourth-order valence-corrected chi connectivity index (χ4v) is 4.04. The van der Waals surface area contributed by atoms with Crippen LogP contribution in [0.1, 0.15) is 53.9 Å². The molecule has 0 aromatic heterocycles. The van der Waals surface area contributed by atoms with Gasteiger partial charge in [0.2, 0.25) is 0 Å². The highest BCUT2D eigenvalue weighted by atomic mass is 35.5. The number of halogens is 1. The Bertz CT molecular complexity index is 638. The lowest BCUT2D eigenvalue weighted by Gasteiger charge is -2.54. The molecule has 0 spiro atoms. The van der Waals surface area contributed by atoms with Crippen molar-refractivity contribution in [3.63, 3.8) is 0 Å². The number of nitro groups is 1. The van der Waals surface area contributed by atoms with E-state index in [9.17, 15) is 14.9 Å². The first-order valence-electron chi connectivity index (χ1n) is 8.97. The largest absolute Gasteiger partial charge is 0.426 e. The Morgan fingerprint density at radius 1 is 1.35 bits per heavy atom. The van der Waals surface area contributed by atoms with Crippen molar-refractivity contribution < 1.29 is 14.5 Å². The van der Waals surface area contributed by atoms with Crippen molar-refractivity contribution in [2.75, 3.05) is 0 Å². The molecule has 1 aliphatic rings. The Kier molecular flexibility index (Phi) is 7.59. The van der Waals surface area contributed by atoms with E-state index in [0.29, 0.717) is 18.5 Å². The van der Waals surface area contributed by atoms with E-state index in [4.69, 9.17) is 4.74 Å². The fraction of sp³-hybridized carbons (Fsp3) is 0.632. The number of ether oxygens (including phenoxy) is 1. The van der Waals surface area contributed by atoms with Gasteiger partial charge in [0, 0.05) is 24.2 Å². The first kappa shape index (κ1) is 22.4. The summed E-state index contributed by atoms with van der Waals surface area (Å²) < 4.78 is 5.57. The summed E-state index contributed by atoms with van der Waals surface area (Å²) in [6, 6.07) is 6.62. The number of hydrogen-bond acceptors (Lipinski definition) is 5. The topological polar surface area (TPSA) is 72.7 Å². The van der Waals surface area contributed by atoms with Crippen molar-refractivity contribution in [2.24, 2.45) is 5.41 Å². The number of carbonyl (C=O) groups excluding carboxylic acids is 1. The van der Waals surface area contributed by atoms with Crippen LogP contribution in [0.4, 0.5) is 5.69 Å². The molecule has 0 aliphatic heterocycles. The minimum Gasteiger partial charge on any atom is -0.426 e. The molecule has 1 fully saturated rings. The molecular weight excluding hydrogens is 356 g/mol. The summed E-state index contributed by atoms with van der Waals surface area (Å²) >= 11 is 0. The van der Waals surface area contributed by atoms with Crippen LogP contribution in [0, 0.1) is 15.5 Å². The quantitative estimate of drug-likeness (QED) is 0.297. The van der Waals surface area contributed by atoms with E-state index in [1.807, 2.05) is 6.92 Å². The second-order valence-corrected chi connectivity index (χ2v) is 7.34. The van der Waals surface area contributed by atoms with Crippen LogP contribution >= 0.6 is 12.4 Å². The Morgan fingerprint density at radius 3 is 2.38 bits per heavy atom. The summed E-state index contributed by atoms with van der Waals surface area (Å²) in [5.74, 6) is -0.0450. The van der Waals surface area contributed by atoms with Crippen molar-refractivity contribution in [3.05, 3.63) is 34.4 Å². The van der Waals surface area contributed by atoms with Crippen LogP contribution in [0.3, 0.4) is 0 Å². The monoisotopic (exact) mass is 384 g/mol. The summed E-state index contributed by atoms with van der Waals surface area (Å²) in [4.78, 5) is 25.8. The highest BCUT2D eigenvalue weighted by Gasteiger charge is 2.55. The molecule has 0 radical (unpaired) electrons. The van der Waals surface area contributed by atoms with E-state index in [-0.39, 0.29) is 35.9 Å². The van der Waals surface area contributed by atoms with E-state index in [1.54, 1.807) is 6.07 Å². The predicted molar refractivity (Wildman–Crippen MR) is 104 cm³/mol. The Hall–Kier alpha value is -1.66. The Labute approximate surface area is 161 Å². The average Bonchev–Trinajstić information content (AvgIpc) is 2.51. The molecule has 146 valence electrons. The molecule has 1 aromatic rings. The molecule has 2 unspecified atom stereocenters. The third-order valence-electron chi connectivity index (χ3n) is 5.33. The normalized spacial score (nSPS) is 22.1. The lowest BCUT2D eigenvalue weighted by molar-refractivity contribution is -0.384. The van der Waals surface area contributed by atoms with Crippen LogP contribution in [0.5, 0.6) is 5.75 Å². The summed E-state index contributed by atoms with van der Waals surface area (Å²) in [5, 5.41) is 10.9. The van der Waals surface area contributed by atoms with Crippen molar-refractivity contribution in [1.29, 1.82) is 0 Å². The van der Waals surface area contributed by atoms with E-state index < -0.39 is 10.3 Å². The van der Waals surface area contributed by atoms with Crippen LogP contribution in [-0.2, 0) is 4.79 Å². The van der Waals surface area contributed by atoms with Gasteiger partial charge in [0.25, 0.3) is 5.69 Å². The van der Waals surface area contributed by atoms with Gasteiger partial charge in [0.15, 0.2) is 0 Å². The van der Waals surface area contributed by atoms with Crippen molar-refractivity contribution in [3.8, 4) is 5.75 Å². The molecular formula is C19H29ClN2O4. The third kappa shape index (κ3) is 4.18. The van der Waals surface area contributed by atoms with Gasteiger partial charge >= 0.3 is 5.97 Å². The number of nitrogens with zero attached hydrogens (tertiary/aromatic N) is 2. The highest BCUT2D eigenvalue weighted by molar-refractivity contribution is 5.85. The maximum absolute atomic E-state index is 13.0. The molecule has 0 bridgehead atoms. The number of nitro benzene ring substituents is 1. The molecule has 0 N–H and O–H groups in total. The molecule has 0 amide bonds. The summed E-state index contributed by atoms with van der Waals surface area (Å²) in [6.07, 6.45) is 2.45. The number of non-ortho nitro benzene ring substituents is 1. The molecule has 7 heteroatoms. The molecule has 26 heavy (non-hydrogen) atoms. The van der Waals surface area contributed by atoms with Gasteiger partial charge in [-0.2, -0.15) is 0 Å². The van der Waals surface area contributed by atoms with Gasteiger partial charge in [-0.25, -0.2) is 0 Å². The van der Waals surface area contributed by atoms with Crippen LogP contribution in [0.25, 0.3) is 0 Å². The first-order valence-corrected chi connectivity index (χ1v) is 8.97. The summed E-state index contributed by atoms with van der Waals surface area (Å²) in [7, 11) is 0. The molecule has 1 aromatic carbocycles. The fourth-order valence-electron chi connectivity index (χ4n) is 4.04. The van der Waals surface area contributed by atoms with Crippen LogP contribution in [-0.4, -0.2) is 33.9 Å². The van der Waals surface area contributed by atoms with Crippen LogP contribution in [0.2, 0.25) is 0 Å². The van der Waals surface area contributed by atoms with Crippen molar-refractivity contribution >= 4 is 24.1 Å². The van der Waals surface area contributed by atoms with Gasteiger partial charge in [-0.3, -0.25) is 19.8 Å². The molecule has 2 atom stereocenters. The Balaban J connectivity index is 0.00000338. The number of hydrogen-bond donors (Lipinski definition) is 0. The SMILES string of the molecule is CCC1(C(=O)Oc2cccc([N+](=O)[O-])c2)CCC1N(C(C)C)C(C)C.Cl. The lowest BCUT2D eigenvalue weighted by atomic mass is 9.61. The number of benzene rings is 1. The minimum atomic E-state index is -0.542. The van der Waals surface area contributed by atoms with E-state index in [2.05, 4.69) is 32.6 Å². The van der Waals surface area contributed by atoms with Gasteiger partial charge in [-0.1, -0.05) is 13.0 Å². The maximum atomic E-state index is 13.0. The molecule has 1 aliphatic carbocycles. The zero-order valence-electron chi connectivity index (χ0n) is 16.1. The molecule has 6 nitrogen and oxygen atoms in total. The van der Waals surface area contributed by atoms with E-state index >= 15 is 0 Å². The van der Waals surface area contributed by atoms with E-state index in [1.165, 1.54) is 18.2 Å². The second kappa shape index (κ2) is 8.82. The molecule has 1 saturated carbocycles. The Morgan fingerprint density at radius 2 is 1.96 bits per heavy atom. The first-order chi connectivity index (χ1) is 11.7. The van der Waals surface area contributed by atoms with Gasteiger partial charge in [0.1, 0.15) is 5.75 Å². The lowest BCUT2D eigenvalue weighted by Crippen LogP contribution is -2.63. The number of rotatable bonds is 7. The molecule has 0 heterocycles. The third-order valence-corrected chi connectivity index (χ3v) is 5.33. The minimum absolute atomic E-state index is 0. The summed E-state index contributed by atoms with van der Waals surface area (Å²) in [5.41, 5.74) is -0.619. The van der Waals surface area contributed by atoms with Crippen LogP contribution < -0.4 is 4.74 Å². The van der Waals surface area contributed by atoms with Gasteiger partial charge in [-0.15, -0.1) is 12.4 Å². The van der Waals surface area contributed by atoms with Gasteiger partial charge in [-0.05, 0) is 53.0 Å².